The Bertz CT molecular complexity index is 514. The third-order valence-corrected chi connectivity index (χ3v) is 5.16. The quantitative estimate of drug-likeness (QED) is 0.854. The first-order valence-corrected chi connectivity index (χ1v) is 7.65. The summed E-state index contributed by atoms with van der Waals surface area (Å²) < 4.78 is 6.16. The van der Waals surface area contributed by atoms with Gasteiger partial charge in [-0.15, -0.1) is 21.5 Å². The zero-order chi connectivity index (χ0) is 13.1. The lowest BCUT2D eigenvalue weighted by Crippen LogP contribution is -2.25. The summed E-state index contributed by atoms with van der Waals surface area (Å²) in [5.41, 5.74) is 6.17. The third kappa shape index (κ3) is 3.26. The number of halogens is 1. The molecule has 0 aliphatic heterocycles. The molecule has 2 N–H and O–H groups in total. The van der Waals surface area contributed by atoms with Crippen molar-refractivity contribution in [1.82, 2.24) is 10.2 Å². The molecule has 0 bridgehead atoms. The van der Waals surface area contributed by atoms with Gasteiger partial charge in [-0.1, -0.05) is 30.3 Å². The normalized spacial score (nSPS) is 14.7. The Hall–Kier alpha value is -0.560. The average molecular weight is 304 g/mol. The van der Waals surface area contributed by atoms with Gasteiger partial charge in [0.05, 0.1) is 9.59 Å². The van der Waals surface area contributed by atoms with E-state index in [0.717, 1.165) is 15.6 Å². The van der Waals surface area contributed by atoms with Crippen molar-refractivity contribution in [3.05, 3.63) is 27.2 Å². The summed E-state index contributed by atoms with van der Waals surface area (Å²) in [5.74, 6) is 0.561. The van der Waals surface area contributed by atoms with Crippen molar-refractivity contribution in [3.63, 3.8) is 0 Å². The molecule has 2 aromatic rings. The Morgan fingerprint density at radius 2 is 2.28 bits per heavy atom. The second-order valence-corrected chi connectivity index (χ2v) is 6.68. The van der Waals surface area contributed by atoms with Gasteiger partial charge in [-0.05, 0) is 18.6 Å². The number of hydrogen-bond acceptors (Lipinski definition) is 6. The van der Waals surface area contributed by atoms with Crippen molar-refractivity contribution in [2.45, 2.75) is 36.8 Å². The van der Waals surface area contributed by atoms with Crippen LogP contribution >= 0.6 is 34.7 Å². The van der Waals surface area contributed by atoms with Crippen LogP contribution in [0.1, 0.15) is 29.4 Å². The third-order valence-electron chi connectivity index (χ3n) is 2.47. The van der Waals surface area contributed by atoms with E-state index in [1.165, 1.54) is 11.8 Å². The largest absolute Gasteiger partial charge is 0.416 e. The van der Waals surface area contributed by atoms with E-state index in [0.29, 0.717) is 11.1 Å². The summed E-state index contributed by atoms with van der Waals surface area (Å²) in [5, 5.41) is 8.46. The average Bonchev–Trinajstić information content (AvgIpc) is 2.94. The van der Waals surface area contributed by atoms with Crippen LogP contribution in [0.25, 0.3) is 0 Å². The first-order valence-electron chi connectivity index (χ1n) is 5.57. The molecule has 0 aromatic carbocycles. The van der Waals surface area contributed by atoms with Crippen molar-refractivity contribution in [2.75, 3.05) is 0 Å². The molecule has 0 saturated carbocycles. The molecule has 0 aliphatic rings. The zero-order valence-corrected chi connectivity index (χ0v) is 12.5. The second-order valence-electron chi connectivity index (χ2n) is 3.84. The number of hydrogen-bond donors (Lipinski definition) is 1. The van der Waals surface area contributed by atoms with Gasteiger partial charge in [0.1, 0.15) is 0 Å². The number of rotatable bonds is 5. The highest BCUT2D eigenvalue weighted by molar-refractivity contribution is 7.99. The highest BCUT2D eigenvalue weighted by atomic mass is 35.5. The van der Waals surface area contributed by atoms with E-state index < -0.39 is 0 Å². The van der Waals surface area contributed by atoms with E-state index in [9.17, 15) is 0 Å². The van der Waals surface area contributed by atoms with Crippen LogP contribution in [0.2, 0.25) is 4.34 Å². The molecule has 0 spiro atoms. The SMILES string of the molecule is CCC(N)C(Sc1nnc(C)o1)c1ccc(Cl)s1. The highest BCUT2D eigenvalue weighted by Gasteiger charge is 2.24. The maximum absolute atomic E-state index is 6.17. The molecule has 2 rings (SSSR count). The van der Waals surface area contributed by atoms with E-state index in [-0.39, 0.29) is 11.3 Å². The number of nitrogens with zero attached hydrogens (tertiary/aromatic N) is 2. The monoisotopic (exact) mass is 303 g/mol. The number of aryl methyl sites for hydroxylation is 1. The number of thioether (sulfide) groups is 1. The van der Waals surface area contributed by atoms with Crippen LogP contribution in [0.3, 0.4) is 0 Å². The molecule has 98 valence electrons. The lowest BCUT2D eigenvalue weighted by molar-refractivity contribution is 0.427. The molecule has 0 amide bonds. The van der Waals surface area contributed by atoms with Crippen LogP contribution in [-0.4, -0.2) is 16.2 Å². The zero-order valence-electron chi connectivity index (χ0n) is 10.1. The van der Waals surface area contributed by atoms with Crippen molar-refractivity contribution in [3.8, 4) is 0 Å². The lowest BCUT2D eigenvalue weighted by Gasteiger charge is -2.19. The molecule has 0 radical (unpaired) electrons. The van der Waals surface area contributed by atoms with Crippen LogP contribution in [0, 0.1) is 6.92 Å². The smallest absolute Gasteiger partial charge is 0.277 e. The van der Waals surface area contributed by atoms with Gasteiger partial charge in [0.2, 0.25) is 5.89 Å². The predicted octanol–water partition coefficient (Wildman–Crippen LogP) is 3.66. The first-order chi connectivity index (χ1) is 8.60. The maximum atomic E-state index is 6.17. The van der Waals surface area contributed by atoms with Crippen molar-refractivity contribution < 1.29 is 4.42 Å². The van der Waals surface area contributed by atoms with Gasteiger partial charge in [0.25, 0.3) is 5.22 Å². The molecule has 18 heavy (non-hydrogen) atoms. The Kier molecular flexibility index (Phi) is 4.66. The van der Waals surface area contributed by atoms with E-state index in [1.807, 2.05) is 12.1 Å². The number of thiophene rings is 1. The van der Waals surface area contributed by atoms with Gasteiger partial charge in [0, 0.05) is 17.8 Å². The summed E-state index contributed by atoms with van der Waals surface area (Å²) in [6, 6.07) is 3.91. The van der Waals surface area contributed by atoms with Crippen molar-refractivity contribution in [1.29, 1.82) is 0 Å². The molecule has 2 atom stereocenters. The van der Waals surface area contributed by atoms with E-state index >= 15 is 0 Å². The van der Waals surface area contributed by atoms with Crippen LogP contribution in [-0.2, 0) is 0 Å². The van der Waals surface area contributed by atoms with E-state index in [2.05, 4.69) is 17.1 Å². The lowest BCUT2D eigenvalue weighted by atomic mass is 10.1. The molecule has 0 aliphatic carbocycles. The fourth-order valence-electron chi connectivity index (χ4n) is 1.49. The number of nitrogens with two attached hydrogens (primary N) is 1. The van der Waals surface area contributed by atoms with Gasteiger partial charge in [0.15, 0.2) is 0 Å². The second kappa shape index (κ2) is 6.06. The molecule has 4 nitrogen and oxygen atoms in total. The summed E-state index contributed by atoms with van der Waals surface area (Å²) in [6.07, 6.45) is 0.875. The van der Waals surface area contributed by atoms with Gasteiger partial charge in [-0.3, -0.25) is 0 Å². The maximum Gasteiger partial charge on any atom is 0.277 e. The number of aromatic nitrogens is 2. The highest BCUT2D eigenvalue weighted by Crippen LogP contribution is 2.41. The van der Waals surface area contributed by atoms with Gasteiger partial charge in [-0.25, -0.2) is 0 Å². The van der Waals surface area contributed by atoms with Crippen LogP contribution < -0.4 is 5.73 Å². The van der Waals surface area contributed by atoms with Crippen LogP contribution in [0.5, 0.6) is 0 Å². The van der Waals surface area contributed by atoms with Gasteiger partial charge in [-0.2, -0.15) is 0 Å². The fourth-order valence-corrected chi connectivity index (χ4v) is 3.93. The molecule has 0 saturated heterocycles. The topological polar surface area (TPSA) is 64.9 Å². The molecule has 2 heterocycles. The standard InChI is InChI=1S/C11H14ClN3OS2/c1-3-7(13)10(8-4-5-9(12)17-8)18-11-15-14-6(2)16-11/h4-5,7,10H,3,13H2,1-2H3. The minimum Gasteiger partial charge on any atom is -0.416 e. The summed E-state index contributed by atoms with van der Waals surface area (Å²) in [7, 11) is 0. The Balaban J connectivity index is 2.20. The van der Waals surface area contributed by atoms with Gasteiger partial charge < -0.3 is 10.2 Å². The summed E-state index contributed by atoms with van der Waals surface area (Å²) >= 11 is 9.01. The molecular weight excluding hydrogens is 290 g/mol. The Morgan fingerprint density at radius 1 is 1.50 bits per heavy atom. The molecule has 7 heteroatoms. The molecule has 2 aromatic heterocycles. The Labute approximate surface area is 119 Å². The van der Waals surface area contributed by atoms with Crippen molar-refractivity contribution in [2.24, 2.45) is 5.73 Å². The van der Waals surface area contributed by atoms with E-state index in [4.69, 9.17) is 21.8 Å². The summed E-state index contributed by atoms with van der Waals surface area (Å²) in [4.78, 5) is 1.13. The molecule has 0 fully saturated rings. The Morgan fingerprint density at radius 3 is 2.78 bits per heavy atom. The van der Waals surface area contributed by atoms with Crippen molar-refractivity contribution >= 4 is 34.7 Å². The minimum absolute atomic E-state index is 0.0249. The fraction of sp³-hybridized carbons (Fsp3) is 0.455. The van der Waals surface area contributed by atoms with Crippen LogP contribution in [0.4, 0.5) is 0 Å². The predicted molar refractivity (Wildman–Crippen MR) is 75.2 cm³/mol. The minimum atomic E-state index is 0.0249. The molecule has 2 unspecified atom stereocenters. The van der Waals surface area contributed by atoms with E-state index in [1.54, 1.807) is 18.3 Å². The van der Waals surface area contributed by atoms with Crippen LogP contribution in [0.15, 0.2) is 21.8 Å². The first kappa shape index (κ1) is 13.9. The molecular formula is C11H14ClN3OS2. The summed E-state index contributed by atoms with van der Waals surface area (Å²) in [6.45, 7) is 3.83. The van der Waals surface area contributed by atoms with Gasteiger partial charge >= 0.3 is 0 Å².